The summed E-state index contributed by atoms with van der Waals surface area (Å²) >= 11 is 0. The largest absolute Gasteiger partial charge is 0.478 e. The van der Waals surface area contributed by atoms with Crippen LogP contribution in [0.1, 0.15) is 21.5 Å². The lowest BCUT2D eigenvalue weighted by Gasteiger charge is -2.26. The molecule has 0 unspecified atom stereocenters. The standard InChI is InChI=1S/C18H19NO4/c1-12-7-6-10-15(13(12)2)19(17(20)11-23-3)16-9-5-4-8-14(16)18(21)22/h4-10H,11H2,1-3H3,(H,21,22). The fraction of sp³-hybridized carbons (Fsp3) is 0.222. The van der Waals surface area contributed by atoms with Gasteiger partial charge in [0.25, 0.3) is 5.91 Å². The minimum atomic E-state index is -1.08. The molecular weight excluding hydrogens is 294 g/mol. The number of ether oxygens (including phenoxy) is 1. The number of carboxylic acid groups (broad SMARTS) is 1. The van der Waals surface area contributed by atoms with Crippen molar-refractivity contribution in [3.63, 3.8) is 0 Å². The van der Waals surface area contributed by atoms with E-state index in [-0.39, 0.29) is 18.1 Å². The average Bonchev–Trinajstić information content (AvgIpc) is 2.52. The van der Waals surface area contributed by atoms with E-state index in [1.807, 2.05) is 26.0 Å². The lowest BCUT2D eigenvalue weighted by atomic mass is 10.0. The van der Waals surface area contributed by atoms with Crippen LogP contribution in [0.25, 0.3) is 0 Å². The molecule has 0 aliphatic heterocycles. The number of rotatable bonds is 5. The SMILES string of the molecule is COCC(=O)N(c1ccccc1C(=O)O)c1cccc(C)c1C. The Kier molecular flexibility index (Phi) is 5.13. The summed E-state index contributed by atoms with van der Waals surface area (Å²) in [6, 6.07) is 12.0. The molecule has 120 valence electrons. The maximum atomic E-state index is 12.6. The molecule has 5 nitrogen and oxygen atoms in total. The van der Waals surface area contributed by atoms with Crippen molar-refractivity contribution in [3.8, 4) is 0 Å². The van der Waals surface area contributed by atoms with Crippen molar-refractivity contribution in [3.05, 3.63) is 59.2 Å². The lowest BCUT2D eigenvalue weighted by molar-refractivity contribution is -0.121. The predicted octanol–water partition coefficient (Wildman–Crippen LogP) is 3.31. The van der Waals surface area contributed by atoms with E-state index in [2.05, 4.69) is 0 Å². The van der Waals surface area contributed by atoms with E-state index < -0.39 is 5.97 Å². The van der Waals surface area contributed by atoms with Crippen molar-refractivity contribution in [1.82, 2.24) is 0 Å². The first-order valence-corrected chi connectivity index (χ1v) is 7.17. The fourth-order valence-electron chi connectivity index (χ4n) is 2.41. The Hall–Kier alpha value is -2.66. The molecule has 2 aromatic carbocycles. The lowest BCUT2D eigenvalue weighted by Crippen LogP contribution is -2.31. The molecule has 0 radical (unpaired) electrons. The van der Waals surface area contributed by atoms with Gasteiger partial charge in [0.1, 0.15) is 6.61 Å². The Labute approximate surface area is 135 Å². The smallest absolute Gasteiger partial charge is 0.337 e. The van der Waals surface area contributed by atoms with Gasteiger partial charge in [-0.2, -0.15) is 0 Å². The van der Waals surface area contributed by atoms with Gasteiger partial charge < -0.3 is 9.84 Å². The van der Waals surface area contributed by atoms with E-state index in [0.29, 0.717) is 11.4 Å². The summed E-state index contributed by atoms with van der Waals surface area (Å²) in [5.41, 5.74) is 2.98. The van der Waals surface area contributed by atoms with Crippen LogP contribution in [-0.2, 0) is 9.53 Å². The predicted molar refractivity (Wildman–Crippen MR) is 88.3 cm³/mol. The molecule has 0 spiro atoms. The highest BCUT2D eigenvalue weighted by Crippen LogP contribution is 2.32. The van der Waals surface area contributed by atoms with Crippen molar-refractivity contribution in [2.24, 2.45) is 0 Å². The molecule has 1 N–H and O–H groups in total. The highest BCUT2D eigenvalue weighted by Gasteiger charge is 2.24. The van der Waals surface area contributed by atoms with Gasteiger partial charge in [-0.3, -0.25) is 9.69 Å². The van der Waals surface area contributed by atoms with Crippen LogP contribution in [0.2, 0.25) is 0 Å². The number of carbonyl (C=O) groups excluding carboxylic acids is 1. The first kappa shape index (κ1) is 16.7. The topological polar surface area (TPSA) is 66.8 Å². The van der Waals surface area contributed by atoms with Crippen molar-refractivity contribution < 1.29 is 19.4 Å². The van der Waals surface area contributed by atoms with Gasteiger partial charge in [0, 0.05) is 7.11 Å². The Bertz CT molecular complexity index is 740. The first-order valence-electron chi connectivity index (χ1n) is 7.17. The zero-order valence-corrected chi connectivity index (χ0v) is 13.4. The third-order valence-electron chi connectivity index (χ3n) is 3.71. The third kappa shape index (κ3) is 3.40. The second-order valence-electron chi connectivity index (χ2n) is 5.20. The van der Waals surface area contributed by atoms with Crippen LogP contribution in [0.3, 0.4) is 0 Å². The number of anilines is 2. The second kappa shape index (κ2) is 7.07. The van der Waals surface area contributed by atoms with Crippen LogP contribution in [0.4, 0.5) is 11.4 Å². The van der Waals surface area contributed by atoms with Gasteiger partial charge in [-0.15, -0.1) is 0 Å². The summed E-state index contributed by atoms with van der Waals surface area (Å²) in [7, 11) is 1.43. The minimum absolute atomic E-state index is 0.0675. The Balaban J connectivity index is 2.67. The molecule has 0 saturated heterocycles. The number of para-hydroxylation sites is 1. The molecule has 0 aliphatic rings. The molecular formula is C18H19NO4. The van der Waals surface area contributed by atoms with Gasteiger partial charge in [0.05, 0.1) is 16.9 Å². The van der Waals surface area contributed by atoms with Gasteiger partial charge in [-0.25, -0.2) is 4.79 Å². The maximum absolute atomic E-state index is 12.6. The summed E-state index contributed by atoms with van der Waals surface area (Å²) in [6.45, 7) is 3.71. The summed E-state index contributed by atoms with van der Waals surface area (Å²) in [6.07, 6.45) is 0. The van der Waals surface area contributed by atoms with Crippen LogP contribution in [0.15, 0.2) is 42.5 Å². The van der Waals surface area contributed by atoms with Gasteiger partial charge in [0.2, 0.25) is 0 Å². The molecule has 0 saturated carbocycles. The molecule has 2 aromatic rings. The fourth-order valence-corrected chi connectivity index (χ4v) is 2.41. The zero-order valence-electron chi connectivity index (χ0n) is 13.4. The number of aromatic carboxylic acids is 1. The summed E-state index contributed by atoms with van der Waals surface area (Å²) in [4.78, 5) is 25.5. The quantitative estimate of drug-likeness (QED) is 0.919. The Morgan fingerprint density at radius 1 is 1.04 bits per heavy atom. The Morgan fingerprint density at radius 2 is 1.70 bits per heavy atom. The minimum Gasteiger partial charge on any atom is -0.478 e. The van der Waals surface area contributed by atoms with E-state index in [1.165, 1.54) is 18.1 Å². The monoisotopic (exact) mass is 313 g/mol. The average molecular weight is 313 g/mol. The molecule has 1 amide bonds. The van der Waals surface area contributed by atoms with Crippen LogP contribution in [0.5, 0.6) is 0 Å². The van der Waals surface area contributed by atoms with Gasteiger partial charge in [-0.1, -0.05) is 24.3 Å². The number of hydrogen-bond acceptors (Lipinski definition) is 3. The molecule has 5 heteroatoms. The molecule has 0 heterocycles. The van der Waals surface area contributed by atoms with Crippen molar-refractivity contribution in [1.29, 1.82) is 0 Å². The summed E-state index contributed by atoms with van der Waals surface area (Å²) < 4.78 is 4.96. The Morgan fingerprint density at radius 3 is 2.35 bits per heavy atom. The molecule has 23 heavy (non-hydrogen) atoms. The van der Waals surface area contributed by atoms with Crippen LogP contribution >= 0.6 is 0 Å². The van der Waals surface area contributed by atoms with E-state index >= 15 is 0 Å². The number of hydrogen-bond donors (Lipinski definition) is 1. The molecule has 0 bridgehead atoms. The molecule has 0 aliphatic carbocycles. The molecule has 2 rings (SSSR count). The number of nitrogens with zero attached hydrogens (tertiary/aromatic N) is 1. The van der Waals surface area contributed by atoms with Crippen LogP contribution < -0.4 is 4.90 Å². The van der Waals surface area contributed by atoms with Crippen molar-refractivity contribution in [2.75, 3.05) is 18.6 Å². The number of carboxylic acids is 1. The van der Waals surface area contributed by atoms with Gasteiger partial charge in [0.15, 0.2) is 0 Å². The van der Waals surface area contributed by atoms with Crippen molar-refractivity contribution in [2.45, 2.75) is 13.8 Å². The van der Waals surface area contributed by atoms with E-state index in [0.717, 1.165) is 11.1 Å². The van der Waals surface area contributed by atoms with Gasteiger partial charge >= 0.3 is 5.97 Å². The van der Waals surface area contributed by atoms with Crippen LogP contribution in [-0.4, -0.2) is 30.7 Å². The molecule has 0 aromatic heterocycles. The third-order valence-corrected chi connectivity index (χ3v) is 3.71. The number of amides is 1. The number of carbonyl (C=O) groups is 2. The van der Waals surface area contributed by atoms with Crippen LogP contribution in [0, 0.1) is 13.8 Å². The zero-order chi connectivity index (χ0) is 17.0. The van der Waals surface area contributed by atoms with E-state index in [9.17, 15) is 14.7 Å². The maximum Gasteiger partial charge on any atom is 0.337 e. The molecule has 0 atom stereocenters. The summed E-state index contributed by atoms with van der Waals surface area (Å²) in [5, 5.41) is 9.43. The number of benzene rings is 2. The van der Waals surface area contributed by atoms with E-state index in [1.54, 1.807) is 24.3 Å². The number of aryl methyl sites for hydroxylation is 1. The normalized spacial score (nSPS) is 10.4. The summed E-state index contributed by atoms with van der Waals surface area (Å²) in [5.74, 6) is -1.41. The van der Waals surface area contributed by atoms with E-state index in [4.69, 9.17) is 4.74 Å². The van der Waals surface area contributed by atoms with Gasteiger partial charge in [-0.05, 0) is 43.2 Å². The molecule has 0 fully saturated rings. The second-order valence-corrected chi connectivity index (χ2v) is 5.20. The highest BCUT2D eigenvalue weighted by molar-refractivity contribution is 6.07. The first-order chi connectivity index (χ1) is 11.0. The number of methoxy groups -OCH3 is 1. The highest BCUT2D eigenvalue weighted by atomic mass is 16.5. The van der Waals surface area contributed by atoms with Crippen molar-refractivity contribution >= 4 is 23.3 Å².